The van der Waals surface area contributed by atoms with Crippen LogP contribution in [0.25, 0.3) is 62.6 Å². The number of fused-ring (bicyclic) bond motifs is 6. The number of benzene rings is 8. The Morgan fingerprint density at radius 1 is 0.466 bits per heavy atom. The summed E-state index contributed by atoms with van der Waals surface area (Å²) in [6.45, 7) is 0. The van der Waals surface area contributed by atoms with Crippen LogP contribution in [-0.4, -0.2) is -0.311 Å². The minimum absolute atomic E-state index is 0.828. The lowest BCUT2D eigenvalue weighted by molar-refractivity contribution is 0.587. The van der Waals surface area contributed by atoms with E-state index in [2.05, 4.69) is 173 Å². The van der Waals surface area contributed by atoms with E-state index in [0.29, 0.717) is 0 Å². The van der Waals surface area contributed by atoms with Crippen LogP contribution in [0, 0.1) is 0 Å². The van der Waals surface area contributed by atoms with Crippen molar-refractivity contribution in [3.63, 3.8) is 0 Å². The van der Waals surface area contributed by atoms with Crippen molar-refractivity contribution < 1.29 is 4.39 Å². The molecule has 58 heavy (non-hydrogen) atoms. The summed E-state index contributed by atoms with van der Waals surface area (Å²) in [7, 11) is 0. The fourth-order valence-corrected chi connectivity index (χ4v) is 9.30. The third kappa shape index (κ3) is 11.4. The van der Waals surface area contributed by atoms with Crippen molar-refractivity contribution in [2.45, 2.75) is -0.311 Å². The van der Waals surface area contributed by atoms with Gasteiger partial charge >= 0.3 is 0 Å². The van der Waals surface area contributed by atoms with Crippen molar-refractivity contribution in [1.29, 1.82) is 0 Å². The maximum absolute atomic E-state index is 11.6. The molecule has 0 aliphatic rings. The predicted octanol–water partition coefficient (Wildman–Crippen LogP) is 18.1. The maximum atomic E-state index is 11.6. The van der Waals surface area contributed by atoms with E-state index in [1.165, 1.54) is 57.0 Å². The van der Waals surface area contributed by atoms with E-state index in [-0.39, 0.29) is 0 Å². The first-order valence-electron chi connectivity index (χ1n) is 18.2. The van der Waals surface area contributed by atoms with Gasteiger partial charge in [0.2, 0.25) is 0 Å². The largest absolute Gasteiger partial charge is 0.398 e. The summed E-state index contributed by atoms with van der Waals surface area (Å²) in [6, 6.07) is 67.3. The molecule has 0 atom stereocenters. The van der Waals surface area contributed by atoms with Crippen molar-refractivity contribution in [3.05, 3.63) is 199 Å². The Balaban J connectivity index is 0.000000135. The summed E-state index contributed by atoms with van der Waals surface area (Å²) >= 11 is 12.2. The molecule has 2 nitrogen and oxygen atoms in total. The Bertz CT molecular complexity index is 2910. The van der Waals surface area contributed by atoms with Gasteiger partial charge < -0.3 is 11.1 Å². The molecule has 0 unspecified atom stereocenters. The number of hydrogen-bond acceptors (Lipinski definition) is 4. The van der Waals surface area contributed by atoms with Crippen LogP contribution in [0.15, 0.2) is 199 Å². The summed E-state index contributed by atoms with van der Waals surface area (Å²) in [4.78, 5) is 0. The monoisotopic (exact) mass is 1190 g/mol. The molecule has 3 N–H and O–H groups in total. The van der Waals surface area contributed by atoms with Gasteiger partial charge in [0, 0.05) is 73.0 Å². The molecule has 8 aromatic carbocycles. The van der Waals surface area contributed by atoms with Gasteiger partial charge in [0.25, 0.3) is -0.311 Å². The topological polar surface area (TPSA) is 38.0 Å². The van der Waals surface area contributed by atoms with Gasteiger partial charge in [-0.15, -0.1) is 22.7 Å². The molecule has 0 amide bonds. The molecule has 0 aliphatic heterocycles. The lowest BCUT2D eigenvalue weighted by Gasteiger charge is -2.12. The lowest BCUT2D eigenvalue weighted by atomic mass is 10.0. The third-order valence-electron chi connectivity index (χ3n) is 9.06. The molecule has 0 bridgehead atoms. The van der Waals surface area contributed by atoms with Gasteiger partial charge in [0.1, 0.15) is 0 Å². The number of alkyl halides is 4. The molecule has 2 heterocycles. The smallest absolute Gasteiger partial charge is 0.259 e. The van der Waals surface area contributed by atoms with Gasteiger partial charge in [-0.05, 0) is 127 Å². The zero-order valence-corrected chi connectivity index (χ0v) is 40.5. The zero-order chi connectivity index (χ0) is 40.5. The Hall–Kier alpha value is -3.60. The summed E-state index contributed by atoms with van der Waals surface area (Å²) in [6.07, 6.45) is 0. The van der Waals surface area contributed by atoms with E-state index >= 15 is 0 Å². The van der Waals surface area contributed by atoms with Crippen LogP contribution < -0.4 is 11.1 Å². The fourth-order valence-electron chi connectivity index (χ4n) is 6.50. The highest BCUT2D eigenvalue weighted by molar-refractivity contribution is 14.3. The Morgan fingerprint density at radius 2 is 0.897 bits per heavy atom. The van der Waals surface area contributed by atoms with E-state index in [1.807, 2.05) is 65.1 Å². The SMILES string of the molecule is Brc1ccc2c(c1)sc1ccccc12.FC(I)(I)I.Nc1ccccc1-c1ccccc1.c1ccc(-c2ccccc2Nc2ccc3c(c2)sc2ccccc23)cc1. The van der Waals surface area contributed by atoms with Crippen LogP contribution in [0.5, 0.6) is 0 Å². The quantitative estimate of drug-likeness (QED) is 0.105. The molecule has 0 aliphatic carbocycles. The molecule has 2 aromatic heterocycles. The normalized spacial score (nSPS) is 10.9. The van der Waals surface area contributed by atoms with Crippen molar-refractivity contribution >= 4 is 164 Å². The average Bonchev–Trinajstić information content (AvgIpc) is 3.79. The molecule has 0 radical (unpaired) electrons. The molecule has 0 saturated heterocycles. The van der Waals surface area contributed by atoms with E-state index < -0.39 is -0.311 Å². The Morgan fingerprint density at radius 3 is 1.48 bits per heavy atom. The van der Waals surface area contributed by atoms with Crippen molar-refractivity contribution in [3.8, 4) is 22.3 Å². The van der Waals surface area contributed by atoms with Crippen LogP contribution in [0.3, 0.4) is 0 Å². The summed E-state index contributed by atoms with van der Waals surface area (Å²) in [5.41, 5.74) is 13.6. The standard InChI is InChI=1S/C24H17NS.C12H7BrS.C12H11N.CFI3/c1-2-8-17(9-3-1)19-10-4-6-12-22(19)25-18-14-15-21-20-11-5-7-13-23(20)26-24(21)16-18;13-8-5-6-10-9-3-1-2-4-11(9)14-12(10)7-8;13-12-9-5-4-8-11(12)10-6-2-1-3-7-10;2-1(3,4)5/h1-16,25H;1-7H;1-9H,13H2;. The highest BCUT2D eigenvalue weighted by Crippen LogP contribution is 2.38. The van der Waals surface area contributed by atoms with Gasteiger partial charge in [0.15, 0.2) is 0 Å². The van der Waals surface area contributed by atoms with E-state index in [0.717, 1.165) is 27.1 Å². The van der Waals surface area contributed by atoms with Crippen LogP contribution in [-0.2, 0) is 0 Å². The summed E-state index contributed by atoms with van der Waals surface area (Å²) < 4.78 is 17.1. The number of thiophene rings is 2. The minimum Gasteiger partial charge on any atom is -0.398 e. The number of para-hydroxylation sites is 2. The molecule has 288 valence electrons. The van der Waals surface area contributed by atoms with Crippen LogP contribution in [0.4, 0.5) is 21.5 Å². The van der Waals surface area contributed by atoms with Gasteiger partial charge in [-0.25, -0.2) is 4.39 Å². The molecule has 10 rings (SSSR count). The predicted molar refractivity (Wildman–Crippen MR) is 284 cm³/mol. The Labute approximate surface area is 395 Å². The lowest BCUT2D eigenvalue weighted by Crippen LogP contribution is -1.92. The number of halogens is 5. The second-order valence-electron chi connectivity index (χ2n) is 13.0. The average molecular weight is 1200 g/mol. The third-order valence-corrected chi connectivity index (χ3v) is 11.8. The number of nitrogens with one attached hydrogen (secondary N) is 1. The molecular weight excluding hydrogens is 1160 g/mol. The van der Waals surface area contributed by atoms with Crippen LogP contribution in [0.2, 0.25) is 0 Å². The number of nitrogen functional groups attached to an aromatic ring is 1. The number of rotatable bonds is 4. The minimum atomic E-state index is -1.09. The molecular formula is C49H35BrFI3N2S2. The zero-order valence-electron chi connectivity index (χ0n) is 30.8. The second kappa shape index (κ2) is 20.1. The first-order valence-corrected chi connectivity index (χ1v) is 23.8. The highest BCUT2D eigenvalue weighted by Gasteiger charge is 2.11. The Kier molecular flexibility index (Phi) is 14.7. The summed E-state index contributed by atoms with van der Waals surface area (Å²) in [5, 5.41) is 8.99. The number of anilines is 3. The molecule has 9 heteroatoms. The summed E-state index contributed by atoms with van der Waals surface area (Å²) in [5.74, 6) is 0. The van der Waals surface area contributed by atoms with Crippen molar-refractivity contribution in [1.82, 2.24) is 0 Å². The van der Waals surface area contributed by atoms with Crippen molar-refractivity contribution in [2.75, 3.05) is 11.1 Å². The van der Waals surface area contributed by atoms with Gasteiger partial charge in [-0.2, -0.15) is 0 Å². The van der Waals surface area contributed by atoms with Gasteiger partial charge in [-0.3, -0.25) is 0 Å². The van der Waals surface area contributed by atoms with Crippen LogP contribution >= 0.6 is 106 Å². The first-order chi connectivity index (χ1) is 28.1. The van der Waals surface area contributed by atoms with Gasteiger partial charge in [-0.1, -0.05) is 162 Å². The van der Waals surface area contributed by atoms with E-state index in [1.54, 1.807) is 67.8 Å². The van der Waals surface area contributed by atoms with Gasteiger partial charge in [0.05, 0.1) is 0 Å². The maximum Gasteiger partial charge on any atom is 0.259 e. The molecule has 10 aromatic rings. The molecule has 0 saturated carbocycles. The molecule has 0 spiro atoms. The highest BCUT2D eigenvalue weighted by atomic mass is 127. The van der Waals surface area contributed by atoms with E-state index in [4.69, 9.17) is 5.73 Å². The number of nitrogens with two attached hydrogens (primary N) is 1. The van der Waals surface area contributed by atoms with Crippen molar-refractivity contribution in [2.24, 2.45) is 0 Å². The van der Waals surface area contributed by atoms with E-state index in [9.17, 15) is 4.39 Å². The second-order valence-corrected chi connectivity index (χ2v) is 26.7. The first kappa shape index (κ1) is 42.5. The fraction of sp³-hybridized carbons (Fsp3) is 0.0204. The number of hydrogen-bond donors (Lipinski definition) is 2. The molecule has 0 fully saturated rings. The van der Waals surface area contributed by atoms with Crippen LogP contribution in [0.1, 0.15) is 0 Å².